The summed E-state index contributed by atoms with van der Waals surface area (Å²) in [6.07, 6.45) is 0.894. The highest BCUT2D eigenvalue weighted by Crippen LogP contribution is 2.28. The summed E-state index contributed by atoms with van der Waals surface area (Å²) < 4.78 is 1.07. The Labute approximate surface area is 128 Å². The number of benzene rings is 1. The van der Waals surface area contributed by atoms with Crippen LogP contribution in [0.3, 0.4) is 0 Å². The van der Waals surface area contributed by atoms with E-state index in [1.807, 2.05) is 25.2 Å². The Hall–Kier alpha value is -1.17. The fraction of sp³-hybridized carbons (Fsp3) is 0.333. The van der Waals surface area contributed by atoms with Crippen LogP contribution in [-0.2, 0) is 6.42 Å². The Kier molecular flexibility index (Phi) is 4.74. The van der Waals surface area contributed by atoms with E-state index in [2.05, 4.69) is 58.9 Å². The van der Waals surface area contributed by atoms with Gasteiger partial charge in [-0.1, -0.05) is 44.2 Å². The van der Waals surface area contributed by atoms with Crippen molar-refractivity contribution < 1.29 is 0 Å². The summed E-state index contributed by atoms with van der Waals surface area (Å²) in [5.41, 5.74) is 2.15. The maximum absolute atomic E-state index is 4.73. The summed E-state index contributed by atoms with van der Waals surface area (Å²) in [4.78, 5) is 9.32. The first-order chi connectivity index (χ1) is 9.11. The molecule has 0 radical (unpaired) electrons. The van der Waals surface area contributed by atoms with Gasteiger partial charge in [0.1, 0.15) is 11.6 Å². The van der Waals surface area contributed by atoms with Crippen LogP contribution in [0.25, 0.3) is 11.3 Å². The predicted octanol–water partition coefficient (Wildman–Crippen LogP) is 3.99. The normalized spacial score (nSPS) is 10.8. The van der Waals surface area contributed by atoms with Crippen molar-refractivity contribution >= 4 is 28.4 Å². The minimum atomic E-state index is 0.549. The van der Waals surface area contributed by atoms with Crippen LogP contribution in [0.4, 0.5) is 5.82 Å². The Balaban J connectivity index is 2.52. The summed E-state index contributed by atoms with van der Waals surface area (Å²) in [7, 11) is 1.90. The van der Waals surface area contributed by atoms with Gasteiger partial charge in [-0.25, -0.2) is 9.97 Å². The van der Waals surface area contributed by atoms with Crippen LogP contribution in [0, 0.1) is 9.49 Å². The molecule has 0 spiro atoms. The quantitative estimate of drug-likeness (QED) is 0.831. The Bertz CT molecular complexity index is 553. The van der Waals surface area contributed by atoms with Crippen LogP contribution in [0.2, 0.25) is 0 Å². The van der Waals surface area contributed by atoms with Gasteiger partial charge in [0.05, 0.1) is 9.26 Å². The van der Waals surface area contributed by atoms with E-state index in [0.29, 0.717) is 5.92 Å². The van der Waals surface area contributed by atoms with Crippen molar-refractivity contribution in [3.8, 4) is 11.3 Å². The van der Waals surface area contributed by atoms with E-state index < -0.39 is 0 Å². The van der Waals surface area contributed by atoms with Gasteiger partial charge in [-0.3, -0.25) is 0 Å². The molecule has 2 aromatic rings. The van der Waals surface area contributed by atoms with E-state index in [4.69, 9.17) is 4.98 Å². The molecule has 4 heteroatoms. The summed E-state index contributed by atoms with van der Waals surface area (Å²) in [6, 6.07) is 10.3. The third-order valence-electron chi connectivity index (χ3n) is 2.77. The lowest BCUT2D eigenvalue weighted by Gasteiger charge is -2.12. The van der Waals surface area contributed by atoms with Gasteiger partial charge >= 0.3 is 0 Å². The number of hydrogen-bond acceptors (Lipinski definition) is 3. The molecule has 0 saturated carbocycles. The smallest absolute Gasteiger partial charge is 0.143 e. The molecule has 0 saturated heterocycles. The second-order valence-corrected chi connectivity index (χ2v) is 5.94. The molecular formula is C15H18IN3. The molecule has 0 fully saturated rings. The number of anilines is 1. The monoisotopic (exact) mass is 367 g/mol. The molecule has 3 nitrogen and oxygen atoms in total. The van der Waals surface area contributed by atoms with E-state index >= 15 is 0 Å². The van der Waals surface area contributed by atoms with Gasteiger partial charge in [-0.2, -0.15) is 0 Å². The summed E-state index contributed by atoms with van der Waals surface area (Å²) in [5, 5.41) is 3.16. The van der Waals surface area contributed by atoms with E-state index in [1.165, 1.54) is 0 Å². The average Bonchev–Trinajstić information content (AvgIpc) is 2.41. The van der Waals surface area contributed by atoms with Crippen molar-refractivity contribution in [2.75, 3.05) is 12.4 Å². The number of aromatic nitrogens is 2. The SMILES string of the molecule is CNc1nc(CC(C)C)nc(-c2ccccc2)c1I. The van der Waals surface area contributed by atoms with Crippen LogP contribution in [0.15, 0.2) is 30.3 Å². The maximum atomic E-state index is 4.73. The lowest BCUT2D eigenvalue weighted by molar-refractivity contribution is 0.621. The average molecular weight is 367 g/mol. The third kappa shape index (κ3) is 3.43. The first kappa shape index (κ1) is 14.2. The first-order valence-corrected chi connectivity index (χ1v) is 7.49. The van der Waals surface area contributed by atoms with Crippen LogP contribution in [-0.4, -0.2) is 17.0 Å². The number of nitrogens with zero attached hydrogens (tertiary/aromatic N) is 2. The fourth-order valence-electron chi connectivity index (χ4n) is 1.90. The van der Waals surface area contributed by atoms with Crippen molar-refractivity contribution in [3.63, 3.8) is 0 Å². The Morgan fingerprint density at radius 2 is 1.84 bits per heavy atom. The zero-order chi connectivity index (χ0) is 13.8. The van der Waals surface area contributed by atoms with Gasteiger partial charge < -0.3 is 5.32 Å². The molecule has 1 aromatic carbocycles. The number of rotatable bonds is 4. The number of halogens is 1. The first-order valence-electron chi connectivity index (χ1n) is 6.41. The van der Waals surface area contributed by atoms with Crippen LogP contribution < -0.4 is 5.32 Å². The second-order valence-electron chi connectivity index (χ2n) is 4.87. The van der Waals surface area contributed by atoms with Gasteiger partial charge in [-0.05, 0) is 28.5 Å². The van der Waals surface area contributed by atoms with Gasteiger partial charge in [-0.15, -0.1) is 0 Å². The van der Waals surface area contributed by atoms with Crippen molar-refractivity contribution in [1.29, 1.82) is 0 Å². The largest absolute Gasteiger partial charge is 0.372 e. The zero-order valence-corrected chi connectivity index (χ0v) is 13.6. The van der Waals surface area contributed by atoms with Crippen LogP contribution >= 0.6 is 22.6 Å². The van der Waals surface area contributed by atoms with Crippen molar-refractivity contribution in [3.05, 3.63) is 39.7 Å². The molecule has 0 atom stereocenters. The number of hydrogen-bond donors (Lipinski definition) is 1. The van der Waals surface area contributed by atoms with Crippen molar-refractivity contribution in [1.82, 2.24) is 9.97 Å². The van der Waals surface area contributed by atoms with Gasteiger partial charge in [0.15, 0.2) is 0 Å². The molecule has 100 valence electrons. The Morgan fingerprint density at radius 3 is 2.42 bits per heavy atom. The molecule has 0 aliphatic carbocycles. The standard InChI is InChI=1S/C15H18IN3/c1-10(2)9-12-18-14(11-7-5-4-6-8-11)13(16)15(17-3)19-12/h4-8,10H,9H2,1-3H3,(H,17,18,19). The van der Waals surface area contributed by atoms with Crippen molar-refractivity contribution in [2.45, 2.75) is 20.3 Å². The van der Waals surface area contributed by atoms with E-state index in [1.54, 1.807) is 0 Å². The molecule has 19 heavy (non-hydrogen) atoms. The van der Waals surface area contributed by atoms with Crippen LogP contribution in [0.5, 0.6) is 0 Å². The number of nitrogens with one attached hydrogen (secondary N) is 1. The fourth-order valence-corrected chi connectivity index (χ4v) is 2.73. The Morgan fingerprint density at radius 1 is 1.16 bits per heavy atom. The van der Waals surface area contributed by atoms with Gasteiger partial charge in [0, 0.05) is 19.0 Å². The van der Waals surface area contributed by atoms with Gasteiger partial charge in [0.25, 0.3) is 0 Å². The molecule has 1 heterocycles. The van der Waals surface area contributed by atoms with E-state index in [-0.39, 0.29) is 0 Å². The highest BCUT2D eigenvalue weighted by Gasteiger charge is 2.13. The molecule has 0 aliphatic heterocycles. The molecule has 0 unspecified atom stereocenters. The van der Waals surface area contributed by atoms with E-state index in [9.17, 15) is 0 Å². The topological polar surface area (TPSA) is 37.8 Å². The molecule has 2 rings (SSSR count). The highest BCUT2D eigenvalue weighted by atomic mass is 127. The van der Waals surface area contributed by atoms with Gasteiger partial charge in [0.2, 0.25) is 0 Å². The van der Waals surface area contributed by atoms with E-state index in [0.717, 1.165) is 32.9 Å². The molecular weight excluding hydrogens is 349 g/mol. The summed E-state index contributed by atoms with van der Waals surface area (Å²) in [5.74, 6) is 2.36. The minimum absolute atomic E-state index is 0.549. The summed E-state index contributed by atoms with van der Waals surface area (Å²) >= 11 is 2.31. The molecule has 0 aliphatic rings. The van der Waals surface area contributed by atoms with Crippen molar-refractivity contribution in [2.24, 2.45) is 5.92 Å². The predicted molar refractivity (Wildman–Crippen MR) is 88.3 cm³/mol. The minimum Gasteiger partial charge on any atom is -0.372 e. The zero-order valence-electron chi connectivity index (χ0n) is 11.4. The third-order valence-corrected chi connectivity index (χ3v) is 3.79. The lowest BCUT2D eigenvalue weighted by atomic mass is 10.1. The molecule has 0 amide bonds. The molecule has 0 bridgehead atoms. The van der Waals surface area contributed by atoms with Crippen LogP contribution in [0.1, 0.15) is 19.7 Å². The lowest BCUT2D eigenvalue weighted by Crippen LogP contribution is -2.07. The highest BCUT2D eigenvalue weighted by molar-refractivity contribution is 14.1. The molecule has 1 aromatic heterocycles. The summed E-state index contributed by atoms with van der Waals surface area (Å²) in [6.45, 7) is 4.37. The second kappa shape index (κ2) is 6.32. The molecule has 1 N–H and O–H groups in total. The maximum Gasteiger partial charge on any atom is 0.143 e.